The molecule has 2 heterocycles. The molecule has 0 atom stereocenters. The number of hydrogen-bond acceptors (Lipinski definition) is 3. The van der Waals surface area contributed by atoms with E-state index in [1.807, 2.05) is 23.1 Å². The van der Waals surface area contributed by atoms with Crippen molar-refractivity contribution in [1.82, 2.24) is 14.9 Å². The second-order valence-electron chi connectivity index (χ2n) is 7.96. The molecule has 0 aliphatic carbocycles. The summed E-state index contributed by atoms with van der Waals surface area (Å²) in [6, 6.07) is 27.2. The molecule has 31 heavy (non-hydrogen) atoms. The van der Waals surface area contributed by atoms with Crippen molar-refractivity contribution in [2.45, 2.75) is 6.04 Å². The minimum absolute atomic E-state index is 0.0718. The Morgan fingerprint density at radius 3 is 1.97 bits per heavy atom. The molecule has 5 rings (SSSR count). The van der Waals surface area contributed by atoms with Crippen molar-refractivity contribution in [3.8, 4) is 0 Å². The number of aromatic nitrogens is 2. The predicted octanol–water partition coefficient (Wildman–Crippen LogP) is 2.76. The van der Waals surface area contributed by atoms with Gasteiger partial charge in [-0.2, -0.15) is 0 Å². The molecule has 1 aliphatic heterocycles. The third kappa shape index (κ3) is 4.05. The summed E-state index contributed by atoms with van der Waals surface area (Å²) in [6.45, 7) is 3.30. The van der Waals surface area contributed by atoms with Gasteiger partial charge in [0.25, 0.3) is 5.91 Å². The predicted molar refractivity (Wildman–Crippen MR) is 121 cm³/mol. The zero-order valence-electron chi connectivity index (χ0n) is 17.3. The van der Waals surface area contributed by atoms with Crippen molar-refractivity contribution < 1.29 is 9.69 Å². The monoisotopic (exact) mass is 409 g/mol. The lowest BCUT2D eigenvalue weighted by molar-refractivity contribution is -0.929. The third-order valence-electron chi connectivity index (χ3n) is 6.08. The number of nitrogens with one attached hydrogen (secondary N) is 1. The highest BCUT2D eigenvalue weighted by atomic mass is 16.2. The number of rotatable bonds is 4. The SMILES string of the molecule is O=C(c1ccc2nccnc2c1)N1CC[NH+](C(c2ccccc2)c2ccccc2)CC1. The number of fused-ring (bicyclic) bond motifs is 1. The van der Waals surface area contributed by atoms with Crippen LogP contribution in [0.1, 0.15) is 27.5 Å². The van der Waals surface area contributed by atoms with E-state index < -0.39 is 0 Å². The molecule has 1 saturated heterocycles. The molecule has 1 aliphatic rings. The van der Waals surface area contributed by atoms with E-state index in [0.717, 1.165) is 37.2 Å². The summed E-state index contributed by atoms with van der Waals surface area (Å²) in [6.07, 6.45) is 3.33. The lowest BCUT2D eigenvalue weighted by Gasteiger charge is -2.37. The normalized spacial score (nSPS) is 14.8. The molecule has 5 heteroatoms. The summed E-state index contributed by atoms with van der Waals surface area (Å²) in [4.78, 5) is 25.2. The molecule has 1 fully saturated rings. The van der Waals surface area contributed by atoms with Gasteiger partial charge in [0.1, 0.15) is 6.04 Å². The fraction of sp³-hybridized carbons (Fsp3) is 0.192. The summed E-state index contributed by atoms with van der Waals surface area (Å²) in [5.41, 5.74) is 4.87. The van der Waals surface area contributed by atoms with E-state index in [4.69, 9.17) is 0 Å². The molecule has 4 aromatic rings. The number of amides is 1. The molecular weight excluding hydrogens is 384 g/mol. The first-order valence-corrected chi connectivity index (χ1v) is 10.7. The Hall–Kier alpha value is -3.57. The van der Waals surface area contributed by atoms with E-state index >= 15 is 0 Å². The number of nitrogens with zero attached hydrogens (tertiary/aromatic N) is 3. The maximum absolute atomic E-state index is 13.1. The van der Waals surface area contributed by atoms with Crippen molar-refractivity contribution >= 4 is 16.9 Å². The molecular formula is C26H25N4O+. The van der Waals surface area contributed by atoms with Crippen LogP contribution in [0, 0.1) is 0 Å². The van der Waals surface area contributed by atoms with E-state index in [0.29, 0.717) is 5.56 Å². The molecule has 1 aromatic heterocycles. The fourth-order valence-corrected chi connectivity index (χ4v) is 4.52. The van der Waals surface area contributed by atoms with Gasteiger partial charge >= 0.3 is 0 Å². The highest BCUT2D eigenvalue weighted by Crippen LogP contribution is 2.20. The van der Waals surface area contributed by atoms with E-state index in [9.17, 15) is 4.79 Å². The first-order chi connectivity index (χ1) is 15.3. The third-order valence-corrected chi connectivity index (χ3v) is 6.08. The van der Waals surface area contributed by atoms with Crippen LogP contribution < -0.4 is 4.90 Å². The van der Waals surface area contributed by atoms with Crippen LogP contribution in [0.5, 0.6) is 0 Å². The topological polar surface area (TPSA) is 50.5 Å². The van der Waals surface area contributed by atoms with E-state index in [1.165, 1.54) is 16.0 Å². The maximum Gasteiger partial charge on any atom is 0.254 e. The average molecular weight is 410 g/mol. The summed E-state index contributed by atoms with van der Waals surface area (Å²) >= 11 is 0. The van der Waals surface area contributed by atoms with Crippen LogP contribution in [0.3, 0.4) is 0 Å². The minimum Gasteiger partial charge on any atom is -0.327 e. The van der Waals surface area contributed by atoms with Gasteiger partial charge in [0.05, 0.1) is 37.2 Å². The quantitative estimate of drug-likeness (QED) is 0.564. The molecule has 5 nitrogen and oxygen atoms in total. The van der Waals surface area contributed by atoms with E-state index in [-0.39, 0.29) is 11.9 Å². The van der Waals surface area contributed by atoms with E-state index in [1.54, 1.807) is 12.4 Å². The van der Waals surface area contributed by atoms with Gasteiger partial charge < -0.3 is 9.80 Å². The molecule has 1 N–H and O–H groups in total. The van der Waals surface area contributed by atoms with E-state index in [2.05, 4.69) is 70.6 Å². The fourth-order valence-electron chi connectivity index (χ4n) is 4.52. The summed E-state index contributed by atoms with van der Waals surface area (Å²) < 4.78 is 0. The highest BCUT2D eigenvalue weighted by Gasteiger charge is 2.31. The van der Waals surface area contributed by atoms with Crippen LogP contribution in [0.25, 0.3) is 11.0 Å². The zero-order valence-corrected chi connectivity index (χ0v) is 17.3. The van der Waals surface area contributed by atoms with Crippen LogP contribution in [0.15, 0.2) is 91.3 Å². The Morgan fingerprint density at radius 1 is 0.774 bits per heavy atom. The first kappa shape index (κ1) is 19.4. The van der Waals surface area contributed by atoms with Gasteiger partial charge in [-0.05, 0) is 18.2 Å². The molecule has 154 valence electrons. The van der Waals surface area contributed by atoms with Gasteiger partial charge in [-0.1, -0.05) is 60.7 Å². The van der Waals surface area contributed by atoms with Crippen molar-refractivity contribution in [2.75, 3.05) is 26.2 Å². The lowest BCUT2D eigenvalue weighted by Crippen LogP contribution is -3.15. The minimum atomic E-state index is 0.0718. The van der Waals surface area contributed by atoms with Gasteiger partial charge in [0.2, 0.25) is 0 Å². The number of benzene rings is 3. The van der Waals surface area contributed by atoms with Crippen molar-refractivity contribution in [1.29, 1.82) is 0 Å². The lowest BCUT2D eigenvalue weighted by atomic mass is 9.96. The summed E-state index contributed by atoms with van der Waals surface area (Å²) in [5.74, 6) is 0.0718. The van der Waals surface area contributed by atoms with Crippen LogP contribution >= 0.6 is 0 Å². The van der Waals surface area contributed by atoms with Gasteiger partial charge in [-0.3, -0.25) is 14.8 Å². The molecule has 0 saturated carbocycles. The van der Waals surface area contributed by atoms with Crippen LogP contribution in [-0.4, -0.2) is 47.0 Å². The Bertz CT molecular complexity index is 1130. The Morgan fingerprint density at radius 2 is 1.35 bits per heavy atom. The summed E-state index contributed by atoms with van der Waals surface area (Å²) in [5, 5.41) is 0. The van der Waals surface area contributed by atoms with Crippen molar-refractivity contribution in [3.05, 3.63) is 108 Å². The summed E-state index contributed by atoms with van der Waals surface area (Å²) in [7, 11) is 0. The van der Waals surface area contributed by atoms with Gasteiger partial charge in [0.15, 0.2) is 0 Å². The molecule has 1 amide bonds. The van der Waals surface area contributed by atoms with Crippen LogP contribution in [-0.2, 0) is 0 Å². The molecule has 3 aromatic carbocycles. The number of piperazine rings is 1. The maximum atomic E-state index is 13.1. The number of carbonyl (C=O) groups is 1. The molecule has 0 unspecified atom stereocenters. The van der Waals surface area contributed by atoms with Crippen molar-refractivity contribution in [2.24, 2.45) is 0 Å². The second-order valence-corrected chi connectivity index (χ2v) is 7.96. The smallest absolute Gasteiger partial charge is 0.254 e. The van der Waals surface area contributed by atoms with Gasteiger partial charge in [0, 0.05) is 29.1 Å². The largest absolute Gasteiger partial charge is 0.327 e. The Labute approximate surface area is 182 Å². The molecule has 0 radical (unpaired) electrons. The Balaban J connectivity index is 1.34. The number of hydrogen-bond donors (Lipinski definition) is 1. The number of quaternary nitrogens is 1. The second kappa shape index (κ2) is 8.66. The van der Waals surface area contributed by atoms with Crippen LogP contribution in [0.2, 0.25) is 0 Å². The molecule has 0 spiro atoms. The number of carbonyl (C=O) groups excluding carboxylic acids is 1. The molecule has 0 bridgehead atoms. The average Bonchev–Trinajstić information content (AvgIpc) is 2.85. The highest BCUT2D eigenvalue weighted by molar-refractivity contribution is 5.97. The van der Waals surface area contributed by atoms with Crippen LogP contribution in [0.4, 0.5) is 0 Å². The zero-order chi connectivity index (χ0) is 21.0. The van der Waals surface area contributed by atoms with Gasteiger partial charge in [-0.25, -0.2) is 0 Å². The standard InChI is InChI=1S/C26H24N4O/c31-26(22-11-12-23-24(19-22)28-14-13-27-23)30-17-15-29(16-18-30)25(20-7-3-1-4-8-20)21-9-5-2-6-10-21/h1-14,19,25H,15-18H2/p+1. The first-order valence-electron chi connectivity index (χ1n) is 10.7. The Kier molecular flexibility index (Phi) is 5.42. The van der Waals surface area contributed by atoms with Gasteiger partial charge in [-0.15, -0.1) is 0 Å². The van der Waals surface area contributed by atoms with Crippen molar-refractivity contribution in [3.63, 3.8) is 0 Å².